The zero-order valence-corrected chi connectivity index (χ0v) is 18.4. The lowest BCUT2D eigenvalue weighted by molar-refractivity contribution is -0.383. The van der Waals surface area contributed by atoms with Crippen molar-refractivity contribution in [2.24, 2.45) is 0 Å². The summed E-state index contributed by atoms with van der Waals surface area (Å²) in [5, 5.41) is 14.7. The van der Waals surface area contributed by atoms with Crippen LogP contribution in [0.2, 0.25) is 5.02 Å². The van der Waals surface area contributed by atoms with Crippen LogP contribution in [0, 0.1) is 29.8 Å². The molecule has 10 heteroatoms. The summed E-state index contributed by atoms with van der Waals surface area (Å²) >= 11 is 5.83. The predicted molar refractivity (Wildman–Crippen MR) is 124 cm³/mol. The molecule has 0 saturated carbocycles. The van der Waals surface area contributed by atoms with Crippen molar-refractivity contribution in [3.8, 4) is 0 Å². The Morgan fingerprint density at radius 3 is 2.50 bits per heavy atom. The Morgan fingerprint density at radius 1 is 1.09 bits per heavy atom. The van der Waals surface area contributed by atoms with Crippen LogP contribution in [0.5, 0.6) is 0 Å². The molecule has 3 aromatic rings. The summed E-state index contributed by atoms with van der Waals surface area (Å²) in [7, 11) is 0. The smallest absolute Gasteiger partial charge is 0.353 e. The van der Waals surface area contributed by atoms with Crippen LogP contribution in [0.3, 0.4) is 0 Å². The number of nitrogens with zero attached hydrogens (tertiary/aromatic N) is 5. The number of hydrogen-bond acceptors (Lipinski definition) is 7. The average Bonchev–Trinajstić information content (AvgIpc) is 2.78. The first-order valence-electron chi connectivity index (χ1n) is 10.1. The van der Waals surface area contributed by atoms with Crippen molar-refractivity contribution in [1.82, 2.24) is 9.97 Å². The molecule has 4 rings (SSSR count). The first-order chi connectivity index (χ1) is 15.3. The maximum atomic E-state index is 13.4. The highest BCUT2D eigenvalue weighted by Gasteiger charge is 2.29. The van der Waals surface area contributed by atoms with Gasteiger partial charge in [0.05, 0.1) is 9.95 Å². The van der Waals surface area contributed by atoms with Crippen LogP contribution in [-0.4, -0.2) is 41.1 Å². The first-order valence-corrected chi connectivity index (χ1v) is 10.5. The summed E-state index contributed by atoms with van der Waals surface area (Å²) < 4.78 is 13.4. The number of halogens is 2. The fourth-order valence-electron chi connectivity index (χ4n) is 3.81. The van der Waals surface area contributed by atoms with Gasteiger partial charge in [-0.1, -0.05) is 23.7 Å². The SMILES string of the molecule is Cc1cccc(N2CCN(c3ncnc(Nc4ccc(F)c(Cl)c4)c3[N+](=O)[O-])CC2)c1C. The highest BCUT2D eigenvalue weighted by Crippen LogP contribution is 2.35. The van der Waals surface area contributed by atoms with Crippen molar-refractivity contribution < 1.29 is 9.31 Å². The molecule has 1 saturated heterocycles. The van der Waals surface area contributed by atoms with Crippen LogP contribution >= 0.6 is 11.6 Å². The third kappa shape index (κ3) is 4.29. The Labute approximate surface area is 189 Å². The van der Waals surface area contributed by atoms with E-state index in [-0.39, 0.29) is 22.3 Å². The second-order valence-corrected chi connectivity index (χ2v) is 8.01. The molecule has 1 aromatic heterocycles. The number of aryl methyl sites for hydroxylation is 1. The Balaban J connectivity index is 1.57. The van der Waals surface area contributed by atoms with Crippen molar-refractivity contribution in [3.63, 3.8) is 0 Å². The topological polar surface area (TPSA) is 87.4 Å². The fourth-order valence-corrected chi connectivity index (χ4v) is 3.99. The summed E-state index contributed by atoms with van der Waals surface area (Å²) in [6.45, 7) is 6.76. The standard InChI is InChI=1S/C22H22ClFN6O2/c1-14-4-3-5-19(15(14)2)28-8-10-29(11-9-28)22-20(30(31)32)21(25-13-26-22)27-16-6-7-18(24)17(23)12-16/h3-7,12-13H,8-11H2,1-2H3,(H,25,26,27). The van der Waals surface area contributed by atoms with E-state index in [4.69, 9.17) is 11.6 Å². The normalized spacial score (nSPS) is 13.9. The van der Waals surface area contributed by atoms with Gasteiger partial charge in [-0.3, -0.25) is 10.1 Å². The number of aromatic nitrogens is 2. The maximum absolute atomic E-state index is 13.4. The van der Waals surface area contributed by atoms with Crippen LogP contribution in [0.1, 0.15) is 11.1 Å². The molecule has 0 atom stereocenters. The van der Waals surface area contributed by atoms with E-state index in [1.54, 1.807) is 0 Å². The summed E-state index contributed by atoms with van der Waals surface area (Å²) in [5.74, 6) is -0.294. The van der Waals surface area contributed by atoms with Crippen LogP contribution in [-0.2, 0) is 0 Å². The summed E-state index contributed by atoms with van der Waals surface area (Å²) in [6, 6.07) is 10.2. The highest BCUT2D eigenvalue weighted by atomic mass is 35.5. The molecule has 0 radical (unpaired) electrons. The number of nitro groups is 1. The average molecular weight is 457 g/mol. The van der Waals surface area contributed by atoms with Crippen LogP contribution in [0.25, 0.3) is 0 Å². The van der Waals surface area contributed by atoms with Gasteiger partial charge in [0.15, 0.2) is 0 Å². The van der Waals surface area contributed by atoms with Crippen molar-refractivity contribution in [3.05, 3.63) is 74.8 Å². The van der Waals surface area contributed by atoms with E-state index >= 15 is 0 Å². The van der Waals surface area contributed by atoms with Gasteiger partial charge < -0.3 is 15.1 Å². The quantitative estimate of drug-likeness (QED) is 0.433. The first kappa shape index (κ1) is 21.8. The molecule has 32 heavy (non-hydrogen) atoms. The number of nitrogens with one attached hydrogen (secondary N) is 1. The van der Waals surface area contributed by atoms with Gasteiger partial charge in [-0.25, -0.2) is 14.4 Å². The number of anilines is 4. The van der Waals surface area contributed by atoms with E-state index in [9.17, 15) is 14.5 Å². The lowest BCUT2D eigenvalue weighted by Crippen LogP contribution is -2.47. The van der Waals surface area contributed by atoms with Gasteiger partial charge in [0.2, 0.25) is 11.6 Å². The van der Waals surface area contributed by atoms with E-state index in [1.165, 1.54) is 41.3 Å². The lowest BCUT2D eigenvalue weighted by Gasteiger charge is -2.37. The zero-order chi connectivity index (χ0) is 22.8. The minimum atomic E-state index is -0.572. The number of benzene rings is 2. The van der Waals surface area contributed by atoms with E-state index in [0.717, 1.165) is 0 Å². The molecule has 0 amide bonds. The van der Waals surface area contributed by atoms with E-state index < -0.39 is 10.7 Å². The molecule has 0 aliphatic carbocycles. The summed E-state index contributed by atoms with van der Waals surface area (Å²) in [5.41, 5.74) is 3.81. The Bertz CT molecular complexity index is 1170. The molecule has 0 spiro atoms. The van der Waals surface area contributed by atoms with Gasteiger partial charge in [0.25, 0.3) is 0 Å². The minimum Gasteiger partial charge on any atom is -0.368 e. The maximum Gasteiger partial charge on any atom is 0.353 e. The third-order valence-corrected chi connectivity index (χ3v) is 5.95. The number of piperazine rings is 1. The van der Waals surface area contributed by atoms with E-state index in [2.05, 4.69) is 46.2 Å². The lowest BCUT2D eigenvalue weighted by atomic mass is 10.1. The number of rotatable bonds is 5. The summed E-state index contributed by atoms with van der Waals surface area (Å²) in [6.07, 6.45) is 1.28. The molecule has 166 valence electrons. The van der Waals surface area contributed by atoms with Crippen molar-refractivity contribution in [2.75, 3.05) is 41.3 Å². The van der Waals surface area contributed by atoms with Gasteiger partial charge in [-0.2, -0.15) is 0 Å². The monoisotopic (exact) mass is 456 g/mol. The fraction of sp³-hybridized carbons (Fsp3) is 0.273. The second kappa shape index (κ2) is 8.96. The molecule has 2 heterocycles. The van der Waals surface area contributed by atoms with Gasteiger partial charge in [0.1, 0.15) is 12.1 Å². The van der Waals surface area contributed by atoms with E-state index in [0.29, 0.717) is 31.9 Å². The highest BCUT2D eigenvalue weighted by molar-refractivity contribution is 6.31. The molecule has 0 unspecified atom stereocenters. The van der Waals surface area contributed by atoms with Crippen LogP contribution in [0.4, 0.5) is 33.1 Å². The van der Waals surface area contributed by atoms with Crippen molar-refractivity contribution >= 4 is 40.3 Å². The Hall–Kier alpha value is -3.46. The zero-order valence-electron chi connectivity index (χ0n) is 17.7. The predicted octanol–water partition coefficient (Wildman–Crippen LogP) is 4.86. The Morgan fingerprint density at radius 2 is 1.81 bits per heavy atom. The summed E-state index contributed by atoms with van der Waals surface area (Å²) in [4.78, 5) is 23.9. The molecule has 1 fully saturated rings. The molecule has 8 nitrogen and oxygen atoms in total. The molecule has 1 aliphatic rings. The molecule has 1 aliphatic heterocycles. The van der Waals surface area contributed by atoms with Crippen molar-refractivity contribution in [2.45, 2.75) is 13.8 Å². The van der Waals surface area contributed by atoms with Gasteiger partial charge in [0, 0.05) is 37.6 Å². The van der Waals surface area contributed by atoms with Crippen molar-refractivity contribution in [1.29, 1.82) is 0 Å². The second-order valence-electron chi connectivity index (χ2n) is 7.60. The Kier molecular flexibility index (Phi) is 6.09. The van der Waals surface area contributed by atoms with Gasteiger partial charge in [-0.05, 0) is 49.2 Å². The molecule has 1 N–H and O–H groups in total. The van der Waals surface area contributed by atoms with E-state index in [1.807, 2.05) is 11.0 Å². The molecular formula is C22H22ClFN6O2. The van der Waals surface area contributed by atoms with Gasteiger partial charge in [-0.15, -0.1) is 0 Å². The van der Waals surface area contributed by atoms with Gasteiger partial charge >= 0.3 is 5.69 Å². The number of hydrogen-bond donors (Lipinski definition) is 1. The third-order valence-electron chi connectivity index (χ3n) is 5.66. The molecule has 2 aromatic carbocycles. The molecular weight excluding hydrogens is 435 g/mol. The van der Waals surface area contributed by atoms with Crippen LogP contribution < -0.4 is 15.1 Å². The molecule has 0 bridgehead atoms. The minimum absolute atomic E-state index is 0.0274. The largest absolute Gasteiger partial charge is 0.368 e. The van der Waals surface area contributed by atoms with Crippen LogP contribution in [0.15, 0.2) is 42.7 Å².